The van der Waals surface area contributed by atoms with Crippen LogP contribution in [0, 0.1) is 0 Å². The van der Waals surface area contributed by atoms with Crippen molar-refractivity contribution in [3.8, 4) is 0 Å². The maximum absolute atomic E-state index is 13.4. The van der Waals surface area contributed by atoms with Crippen molar-refractivity contribution in [3.05, 3.63) is 53.6 Å². The second-order valence-electron chi connectivity index (χ2n) is 7.47. The molecule has 160 valence electrons. The van der Waals surface area contributed by atoms with Gasteiger partial charge in [0.15, 0.2) is 0 Å². The highest BCUT2D eigenvalue weighted by atomic mass is 35.5. The Morgan fingerprint density at radius 3 is 2.67 bits per heavy atom. The molecule has 0 saturated carbocycles. The molecule has 1 spiro atoms. The number of para-hydroxylation sites is 2. The van der Waals surface area contributed by atoms with Gasteiger partial charge in [-0.05, 0) is 37.1 Å². The van der Waals surface area contributed by atoms with Crippen molar-refractivity contribution >= 4 is 38.8 Å². The molecule has 2 heterocycles. The van der Waals surface area contributed by atoms with Crippen LogP contribution in [0.4, 0.5) is 11.4 Å². The highest BCUT2D eigenvalue weighted by Crippen LogP contribution is 2.38. The first kappa shape index (κ1) is 21.1. The van der Waals surface area contributed by atoms with E-state index in [1.807, 2.05) is 24.3 Å². The molecule has 1 unspecified atom stereocenters. The summed E-state index contributed by atoms with van der Waals surface area (Å²) in [6.07, 6.45) is 1.46. The van der Waals surface area contributed by atoms with Gasteiger partial charge in [0, 0.05) is 20.2 Å². The molecule has 1 saturated heterocycles. The molecule has 2 aromatic carbocycles. The summed E-state index contributed by atoms with van der Waals surface area (Å²) in [7, 11) is -2.10. The van der Waals surface area contributed by atoms with Gasteiger partial charge in [0.25, 0.3) is 0 Å². The fraction of sp³-hybridized carbons (Fsp3) is 0.381. The maximum Gasteiger partial charge on any atom is 0.244 e. The number of benzene rings is 2. The summed E-state index contributed by atoms with van der Waals surface area (Å²) >= 11 is 6.21. The van der Waals surface area contributed by atoms with Crippen molar-refractivity contribution in [2.24, 2.45) is 4.99 Å². The molecular weight excluding hydrogens is 424 g/mol. The average Bonchev–Trinajstić information content (AvgIpc) is 2.74. The van der Waals surface area contributed by atoms with E-state index in [2.05, 4.69) is 10.6 Å². The van der Waals surface area contributed by atoms with Crippen LogP contribution < -0.4 is 10.6 Å². The lowest BCUT2D eigenvalue weighted by molar-refractivity contribution is 0.207. The van der Waals surface area contributed by atoms with E-state index in [4.69, 9.17) is 21.3 Å². The SMILES string of the molecule is COCCN=C1Nc2ccccc2NC12CCCN(S(=O)(=O)c1ccccc1Cl)C2. The van der Waals surface area contributed by atoms with Crippen molar-refractivity contribution < 1.29 is 13.2 Å². The topological polar surface area (TPSA) is 83.0 Å². The zero-order chi connectivity index (χ0) is 21.2. The summed E-state index contributed by atoms with van der Waals surface area (Å²) in [6, 6.07) is 14.4. The predicted molar refractivity (Wildman–Crippen MR) is 120 cm³/mol. The van der Waals surface area contributed by atoms with E-state index >= 15 is 0 Å². The lowest BCUT2D eigenvalue weighted by atomic mass is 9.86. The number of anilines is 2. The van der Waals surface area contributed by atoms with Gasteiger partial charge >= 0.3 is 0 Å². The molecule has 0 aromatic heterocycles. The molecule has 0 amide bonds. The van der Waals surface area contributed by atoms with Crippen molar-refractivity contribution in [1.29, 1.82) is 0 Å². The molecule has 0 bridgehead atoms. The predicted octanol–water partition coefficient (Wildman–Crippen LogP) is 3.45. The van der Waals surface area contributed by atoms with E-state index in [1.54, 1.807) is 31.4 Å². The third-order valence-corrected chi connectivity index (χ3v) is 7.83. The van der Waals surface area contributed by atoms with E-state index in [-0.39, 0.29) is 16.5 Å². The van der Waals surface area contributed by atoms with Gasteiger partial charge in [0.2, 0.25) is 10.0 Å². The van der Waals surface area contributed by atoms with Crippen LogP contribution in [0.25, 0.3) is 0 Å². The molecule has 2 aromatic rings. The quantitative estimate of drug-likeness (QED) is 0.684. The second kappa shape index (κ2) is 8.55. The van der Waals surface area contributed by atoms with Crippen LogP contribution in [0.1, 0.15) is 12.8 Å². The van der Waals surface area contributed by atoms with Gasteiger partial charge in [-0.15, -0.1) is 0 Å². The third-order valence-electron chi connectivity index (χ3n) is 5.48. The minimum atomic E-state index is -3.74. The molecule has 4 rings (SSSR count). The van der Waals surface area contributed by atoms with E-state index in [0.29, 0.717) is 26.1 Å². The van der Waals surface area contributed by atoms with Crippen LogP contribution in [-0.4, -0.2) is 57.4 Å². The fourth-order valence-electron chi connectivity index (χ4n) is 4.01. The van der Waals surface area contributed by atoms with Gasteiger partial charge in [0.05, 0.1) is 29.5 Å². The summed E-state index contributed by atoms with van der Waals surface area (Å²) in [5.41, 5.74) is 1.21. The molecule has 2 aliphatic rings. The van der Waals surface area contributed by atoms with Gasteiger partial charge in [0.1, 0.15) is 16.3 Å². The van der Waals surface area contributed by atoms with Gasteiger partial charge in [-0.3, -0.25) is 4.99 Å². The monoisotopic (exact) mass is 448 g/mol. The Labute approximate surface area is 182 Å². The number of aliphatic imine (C=N–C) groups is 1. The lowest BCUT2D eigenvalue weighted by Gasteiger charge is -2.46. The number of amidine groups is 1. The largest absolute Gasteiger partial charge is 0.383 e. The molecule has 30 heavy (non-hydrogen) atoms. The molecular formula is C21H25ClN4O3S. The number of methoxy groups -OCH3 is 1. The Morgan fingerprint density at radius 1 is 1.17 bits per heavy atom. The van der Waals surface area contributed by atoms with Crippen LogP contribution in [0.2, 0.25) is 5.02 Å². The van der Waals surface area contributed by atoms with E-state index < -0.39 is 15.6 Å². The summed E-state index contributed by atoms with van der Waals surface area (Å²) in [6.45, 7) is 1.67. The van der Waals surface area contributed by atoms with Gasteiger partial charge < -0.3 is 15.4 Å². The van der Waals surface area contributed by atoms with Gasteiger partial charge in [-0.1, -0.05) is 35.9 Å². The highest BCUT2D eigenvalue weighted by Gasteiger charge is 2.46. The average molecular weight is 449 g/mol. The number of sulfonamides is 1. The second-order valence-corrected chi connectivity index (χ2v) is 9.79. The van der Waals surface area contributed by atoms with Crippen LogP contribution in [0.5, 0.6) is 0 Å². The van der Waals surface area contributed by atoms with Crippen molar-refractivity contribution in [1.82, 2.24) is 4.31 Å². The van der Waals surface area contributed by atoms with E-state index in [9.17, 15) is 8.42 Å². The molecule has 0 aliphatic carbocycles. The number of fused-ring (bicyclic) bond motifs is 1. The minimum Gasteiger partial charge on any atom is -0.383 e. The molecule has 9 heteroatoms. The molecule has 7 nitrogen and oxygen atoms in total. The molecule has 0 radical (unpaired) electrons. The number of hydrogen-bond donors (Lipinski definition) is 2. The van der Waals surface area contributed by atoms with Gasteiger partial charge in [-0.2, -0.15) is 4.31 Å². The summed E-state index contributed by atoms with van der Waals surface area (Å²) in [5.74, 6) is 0.734. The Balaban J connectivity index is 1.71. The first-order chi connectivity index (χ1) is 14.5. The van der Waals surface area contributed by atoms with Crippen molar-refractivity contribution in [2.75, 3.05) is 44.0 Å². The molecule has 2 N–H and O–H groups in total. The summed E-state index contributed by atoms with van der Waals surface area (Å²) < 4.78 is 33.4. The number of piperidine rings is 1. The van der Waals surface area contributed by atoms with Crippen LogP contribution in [-0.2, 0) is 14.8 Å². The van der Waals surface area contributed by atoms with Crippen molar-refractivity contribution in [3.63, 3.8) is 0 Å². The zero-order valence-corrected chi connectivity index (χ0v) is 18.3. The Bertz CT molecular complexity index is 1060. The standard InChI is InChI=1S/C21H25ClN4O3S/c1-29-14-12-23-20-21(25-18-9-4-3-8-17(18)24-20)11-6-13-26(15-21)30(27,28)19-10-5-2-7-16(19)22/h2-5,7-10,25H,6,11-15H2,1H3,(H,23,24). The van der Waals surface area contributed by atoms with Crippen LogP contribution in [0.3, 0.4) is 0 Å². The number of hydrogen-bond acceptors (Lipinski definition) is 5. The molecule has 2 aliphatic heterocycles. The first-order valence-electron chi connectivity index (χ1n) is 9.89. The highest BCUT2D eigenvalue weighted by molar-refractivity contribution is 7.89. The maximum atomic E-state index is 13.4. The smallest absolute Gasteiger partial charge is 0.244 e. The number of nitrogens with one attached hydrogen (secondary N) is 2. The Hall–Kier alpha value is -2.13. The number of halogens is 1. The van der Waals surface area contributed by atoms with Crippen LogP contribution in [0.15, 0.2) is 58.4 Å². The Kier molecular flexibility index (Phi) is 6.02. The van der Waals surface area contributed by atoms with Crippen molar-refractivity contribution in [2.45, 2.75) is 23.3 Å². The van der Waals surface area contributed by atoms with E-state index in [1.165, 1.54) is 4.31 Å². The third kappa shape index (κ3) is 3.92. The minimum absolute atomic E-state index is 0.130. The normalized spacial score (nSPS) is 23.1. The molecule has 1 atom stereocenters. The summed E-state index contributed by atoms with van der Waals surface area (Å²) in [5, 5.41) is 7.24. The zero-order valence-electron chi connectivity index (χ0n) is 16.8. The van der Waals surface area contributed by atoms with E-state index in [0.717, 1.165) is 23.6 Å². The van der Waals surface area contributed by atoms with Gasteiger partial charge in [-0.25, -0.2) is 8.42 Å². The number of rotatable bonds is 5. The fourth-order valence-corrected chi connectivity index (χ4v) is 6.05. The van der Waals surface area contributed by atoms with Crippen LogP contribution >= 0.6 is 11.6 Å². The lowest BCUT2D eigenvalue weighted by Crippen LogP contribution is -2.62. The Morgan fingerprint density at radius 2 is 1.90 bits per heavy atom. The first-order valence-corrected chi connectivity index (χ1v) is 11.7. The summed E-state index contributed by atoms with van der Waals surface area (Å²) in [4.78, 5) is 4.86. The number of nitrogens with zero attached hydrogens (tertiary/aromatic N) is 2. The molecule has 1 fully saturated rings. The number of ether oxygens (including phenoxy) is 1.